The van der Waals surface area contributed by atoms with Crippen LogP contribution in [0.25, 0.3) is 0 Å². The molecule has 0 amide bonds. The molecule has 1 nitrogen and oxygen atoms in total. The maximum atomic E-state index is 14.4. The first-order valence-corrected chi connectivity index (χ1v) is 8.78. The lowest BCUT2D eigenvalue weighted by atomic mass is 9.79. The van der Waals surface area contributed by atoms with Gasteiger partial charge in [0.2, 0.25) is 0 Å². The van der Waals surface area contributed by atoms with Crippen molar-refractivity contribution < 1.29 is 17.9 Å². The van der Waals surface area contributed by atoms with Crippen molar-refractivity contribution in [1.29, 1.82) is 0 Å². The third-order valence-corrected chi connectivity index (χ3v) is 5.06. The maximum Gasteiger partial charge on any atom is 0.426 e. The molecule has 0 radical (unpaired) electrons. The van der Waals surface area contributed by atoms with Crippen LogP contribution in [0.3, 0.4) is 0 Å². The molecule has 1 saturated carbocycles. The smallest absolute Gasteiger partial charge is 0.426 e. The molecule has 0 atom stereocenters. The fourth-order valence-corrected chi connectivity index (χ4v) is 3.43. The predicted octanol–water partition coefficient (Wildman–Crippen LogP) is 6.56. The molecule has 0 heterocycles. The minimum absolute atomic E-state index is 0.264. The summed E-state index contributed by atoms with van der Waals surface area (Å²) in [5.74, 6) is -0.0411. The van der Waals surface area contributed by atoms with Crippen LogP contribution in [0.4, 0.5) is 13.2 Å². The van der Waals surface area contributed by atoms with Crippen molar-refractivity contribution in [3.8, 4) is 5.75 Å². The topological polar surface area (TPSA) is 9.23 Å². The van der Waals surface area contributed by atoms with E-state index in [4.69, 9.17) is 0 Å². The highest BCUT2D eigenvalue weighted by atomic mass is 19.3. The van der Waals surface area contributed by atoms with Crippen LogP contribution in [0.5, 0.6) is 5.75 Å². The fourth-order valence-electron chi connectivity index (χ4n) is 3.43. The van der Waals surface area contributed by atoms with Gasteiger partial charge in [-0.2, -0.15) is 8.78 Å². The van der Waals surface area contributed by atoms with Crippen molar-refractivity contribution in [3.63, 3.8) is 0 Å². The van der Waals surface area contributed by atoms with Crippen LogP contribution in [0, 0.1) is 18.7 Å². The quantitative estimate of drug-likeness (QED) is 0.608. The summed E-state index contributed by atoms with van der Waals surface area (Å²) in [5.41, 5.74) is 1.48. The summed E-state index contributed by atoms with van der Waals surface area (Å²) in [6.07, 6.45) is 0.983. The maximum absolute atomic E-state index is 14.4. The highest BCUT2D eigenvalue weighted by Crippen LogP contribution is 2.37. The molecule has 134 valence electrons. The summed E-state index contributed by atoms with van der Waals surface area (Å²) in [5, 5.41) is 0. The molecule has 25 heavy (non-hydrogen) atoms. The van der Waals surface area contributed by atoms with E-state index in [1.54, 1.807) is 25.1 Å². The molecular weight excluding hydrogens is 325 g/mol. The van der Waals surface area contributed by atoms with Gasteiger partial charge in [0, 0.05) is 0 Å². The summed E-state index contributed by atoms with van der Waals surface area (Å²) >= 11 is 0. The molecule has 4 heteroatoms. The molecule has 2 aromatic rings. The number of halogens is 3. The Balaban J connectivity index is 1.73. The molecule has 1 aliphatic carbocycles. The number of aryl methyl sites for hydroxylation is 1. The van der Waals surface area contributed by atoms with Gasteiger partial charge in [-0.25, -0.2) is 4.39 Å². The molecule has 0 aliphatic heterocycles. The van der Waals surface area contributed by atoms with Gasteiger partial charge in [0.25, 0.3) is 0 Å². The fraction of sp³-hybridized carbons (Fsp3) is 0.429. The first kappa shape index (κ1) is 17.8. The average molecular weight is 348 g/mol. The zero-order valence-corrected chi connectivity index (χ0v) is 14.6. The van der Waals surface area contributed by atoms with Crippen LogP contribution in [-0.2, 0) is 6.11 Å². The molecule has 0 N–H and O–H groups in total. The third kappa shape index (κ3) is 4.17. The Bertz CT molecular complexity index is 716. The van der Waals surface area contributed by atoms with E-state index in [2.05, 4.69) is 11.7 Å². The first-order valence-electron chi connectivity index (χ1n) is 8.78. The zero-order valence-electron chi connectivity index (χ0n) is 14.6. The lowest BCUT2D eigenvalue weighted by Gasteiger charge is -2.27. The Morgan fingerprint density at radius 2 is 1.60 bits per heavy atom. The SMILES string of the molecule is Cc1ccc(OC(F)(F)c2ccc(C3CCC(C)CC3)cc2)c(F)c1. The second kappa shape index (κ2) is 7.11. The van der Waals surface area contributed by atoms with Gasteiger partial charge in [0.05, 0.1) is 5.56 Å². The molecule has 0 saturated heterocycles. The van der Waals surface area contributed by atoms with Crippen molar-refractivity contribution in [1.82, 2.24) is 0 Å². The van der Waals surface area contributed by atoms with E-state index in [9.17, 15) is 13.2 Å². The van der Waals surface area contributed by atoms with Crippen LogP contribution in [0.15, 0.2) is 42.5 Å². The number of rotatable bonds is 4. The van der Waals surface area contributed by atoms with Gasteiger partial charge < -0.3 is 4.74 Å². The van der Waals surface area contributed by atoms with Crippen molar-refractivity contribution in [2.75, 3.05) is 0 Å². The number of ether oxygens (including phenoxy) is 1. The van der Waals surface area contributed by atoms with E-state index >= 15 is 0 Å². The zero-order chi connectivity index (χ0) is 18.0. The van der Waals surface area contributed by atoms with Crippen molar-refractivity contribution in [2.45, 2.75) is 51.6 Å². The van der Waals surface area contributed by atoms with E-state index < -0.39 is 17.7 Å². The normalized spacial score (nSPS) is 21.2. The Labute approximate surface area is 146 Å². The van der Waals surface area contributed by atoms with Gasteiger partial charge in [-0.15, -0.1) is 0 Å². The van der Waals surface area contributed by atoms with E-state index in [1.165, 1.54) is 37.1 Å². The highest BCUT2D eigenvalue weighted by molar-refractivity contribution is 5.31. The summed E-state index contributed by atoms with van der Waals surface area (Å²) < 4.78 is 47.2. The summed E-state index contributed by atoms with van der Waals surface area (Å²) in [6, 6.07) is 10.2. The van der Waals surface area contributed by atoms with Gasteiger partial charge in [0.1, 0.15) is 0 Å². The molecule has 3 rings (SSSR count). The summed E-state index contributed by atoms with van der Waals surface area (Å²) in [7, 11) is 0. The monoisotopic (exact) mass is 348 g/mol. The van der Waals surface area contributed by atoms with Crippen LogP contribution >= 0.6 is 0 Å². The molecule has 1 fully saturated rings. The largest absolute Gasteiger partial charge is 0.426 e. The number of hydrogen-bond acceptors (Lipinski definition) is 1. The molecule has 0 spiro atoms. The Kier molecular flexibility index (Phi) is 5.07. The summed E-state index contributed by atoms with van der Waals surface area (Å²) in [6.45, 7) is 3.94. The molecule has 0 unspecified atom stereocenters. The minimum atomic E-state index is -3.57. The van der Waals surface area contributed by atoms with Crippen molar-refractivity contribution in [3.05, 3.63) is 65.0 Å². The Hall–Kier alpha value is -1.97. The molecule has 0 aromatic heterocycles. The van der Waals surface area contributed by atoms with Crippen LogP contribution < -0.4 is 4.74 Å². The van der Waals surface area contributed by atoms with Gasteiger partial charge in [0.15, 0.2) is 11.6 Å². The summed E-state index contributed by atoms with van der Waals surface area (Å²) in [4.78, 5) is 0. The van der Waals surface area contributed by atoms with Gasteiger partial charge >= 0.3 is 6.11 Å². The Morgan fingerprint density at radius 3 is 2.20 bits per heavy atom. The molecule has 0 bridgehead atoms. The van der Waals surface area contributed by atoms with Crippen LogP contribution in [0.1, 0.15) is 55.2 Å². The second-order valence-electron chi connectivity index (χ2n) is 7.13. The van der Waals surface area contributed by atoms with E-state index in [1.807, 2.05) is 0 Å². The average Bonchev–Trinajstić information content (AvgIpc) is 2.58. The van der Waals surface area contributed by atoms with E-state index in [-0.39, 0.29) is 5.56 Å². The van der Waals surface area contributed by atoms with E-state index in [0.717, 1.165) is 24.3 Å². The molecular formula is C21H23F3O. The highest BCUT2D eigenvalue weighted by Gasteiger charge is 2.35. The number of alkyl halides is 2. The molecule has 1 aliphatic rings. The lowest BCUT2D eigenvalue weighted by molar-refractivity contribution is -0.186. The van der Waals surface area contributed by atoms with Crippen LogP contribution in [0.2, 0.25) is 0 Å². The number of benzene rings is 2. The van der Waals surface area contributed by atoms with Crippen molar-refractivity contribution in [2.24, 2.45) is 5.92 Å². The third-order valence-electron chi connectivity index (χ3n) is 5.06. The standard InChI is InChI=1S/C21H23F3O/c1-14-3-6-16(7-4-14)17-8-10-18(11-9-17)21(23,24)25-20-12-5-15(2)13-19(20)22/h5,8-14,16H,3-4,6-7H2,1-2H3. The number of hydrogen-bond donors (Lipinski definition) is 0. The van der Waals surface area contributed by atoms with Gasteiger partial charge in [-0.3, -0.25) is 0 Å². The Morgan fingerprint density at radius 1 is 0.960 bits per heavy atom. The lowest BCUT2D eigenvalue weighted by Crippen LogP contribution is -2.22. The minimum Gasteiger partial charge on any atom is -0.426 e. The van der Waals surface area contributed by atoms with Crippen LogP contribution in [-0.4, -0.2) is 0 Å². The van der Waals surface area contributed by atoms with Gasteiger partial charge in [-0.1, -0.05) is 38.0 Å². The first-order chi connectivity index (χ1) is 11.8. The van der Waals surface area contributed by atoms with Gasteiger partial charge in [-0.05, 0) is 67.0 Å². The van der Waals surface area contributed by atoms with Crippen molar-refractivity contribution >= 4 is 0 Å². The second-order valence-corrected chi connectivity index (χ2v) is 7.13. The predicted molar refractivity (Wildman–Crippen MR) is 92.5 cm³/mol. The van der Waals surface area contributed by atoms with E-state index in [0.29, 0.717) is 11.5 Å². The molecule has 2 aromatic carbocycles.